The fraction of sp³-hybridized carbons (Fsp3) is 0.278. The first-order valence-corrected chi connectivity index (χ1v) is 7.32. The van der Waals surface area contributed by atoms with Gasteiger partial charge in [-0.25, -0.2) is 0 Å². The Bertz CT molecular complexity index is 642. The molecule has 1 aliphatic heterocycles. The molecular weight excluding hydrogens is 262 g/mol. The lowest BCUT2D eigenvalue weighted by Crippen LogP contribution is -2.48. The van der Waals surface area contributed by atoms with Crippen LogP contribution >= 0.6 is 0 Å². The van der Waals surface area contributed by atoms with Crippen molar-refractivity contribution in [2.24, 2.45) is 0 Å². The number of rotatable bonds is 3. The second-order valence-electron chi connectivity index (χ2n) is 5.53. The monoisotopic (exact) mass is 281 g/mol. The van der Waals surface area contributed by atoms with E-state index in [9.17, 15) is 9.90 Å². The van der Waals surface area contributed by atoms with Gasteiger partial charge in [-0.1, -0.05) is 61.6 Å². The van der Waals surface area contributed by atoms with Crippen LogP contribution in [0.4, 0.5) is 0 Å². The van der Waals surface area contributed by atoms with Crippen LogP contribution in [0, 0.1) is 0 Å². The van der Waals surface area contributed by atoms with Crippen molar-refractivity contribution in [3.8, 4) is 0 Å². The largest absolute Gasteiger partial charge is 0.503 e. The van der Waals surface area contributed by atoms with E-state index in [1.807, 2.05) is 42.5 Å². The molecular formula is C18H19NO2. The lowest BCUT2D eigenvalue weighted by Gasteiger charge is -2.39. The van der Waals surface area contributed by atoms with E-state index in [1.54, 1.807) is 4.90 Å². The number of hydrogen-bond acceptors (Lipinski definition) is 2. The third-order valence-corrected chi connectivity index (χ3v) is 4.45. The van der Waals surface area contributed by atoms with Gasteiger partial charge >= 0.3 is 0 Å². The minimum Gasteiger partial charge on any atom is -0.503 e. The molecule has 1 unspecified atom stereocenters. The third-order valence-electron chi connectivity index (χ3n) is 4.45. The molecule has 0 bridgehead atoms. The summed E-state index contributed by atoms with van der Waals surface area (Å²) in [5.74, 6) is -0.382. The Morgan fingerprint density at radius 3 is 2.62 bits per heavy atom. The number of nitrogens with zero attached hydrogens (tertiary/aromatic N) is 1. The summed E-state index contributed by atoms with van der Waals surface area (Å²) in [6, 6.07) is 9.62. The van der Waals surface area contributed by atoms with Crippen LogP contribution in [-0.2, 0) is 4.79 Å². The third kappa shape index (κ3) is 2.19. The number of aliphatic hydroxyl groups excluding tert-OH is 1. The smallest absolute Gasteiger partial charge is 0.290 e. The van der Waals surface area contributed by atoms with Crippen LogP contribution in [0.3, 0.4) is 0 Å². The first kappa shape index (κ1) is 13.7. The number of hydrogen-bond donors (Lipinski definition) is 1. The molecule has 1 aromatic carbocycles. The van der Waals surface area contributed by atoms with Gasteiger partial charge in [-0.05, 0) is 18.4 Å². The zero-order valence-electron chi connectivity index (χ0n) is 12.1. The van der Waals surface area contributed by atoms with Crippen molar-refractivity contribution in [1.82, 2.24) is 4.90 Å². The molecule has 2 aliphatic rings. The molecule has 0 saturated heterocycles. The van der Waals surface area contributed by atoms with Gasteiger partial charge in [0.1, 0.15) is 0 Å². The lowest BCUT2D eigenvalue weighted by molar-refractivity contribution is -0.132. The van der Waals surface area contributed by atoms with E-state index in [-0.39, 0.29) is 17.2 Å². The highest BCUT2D eigenvalue weighted by molar-refractivity contribution is 6.04. The van der Waals surface area contributed by atoms with Crippen LogP contribution in [-0.4, -0.2) is 28.0 Å². The maximum absolute atomic E-state index is 12.5. The van der Waals surface area contributed by atoms with E-state index in [1.165, 1.54) is 0 Å². The first-order valence-electron chi connectivity index (χ1n) is 7.32. The minimum absolute atomic E-state index is 0.114. The Kier molecular flexibility index (Phi) is 3.42. The molecule has 1 amide bonds. The van der Waals surface area contributed by atoms with Crippen LogP contribution in [0.5, 0.6) is 0 Å². The van der Waals surface area contributed by atoms with Crippen LogP contribution in [0.15, 0.2) is 60.4 Å². The van der Waals surface area contributed by atoms with E-state index < -0.39 is 0 Å². The molecule has 108 valence electrons. The van der Waals surface area contributed by atoms with Crippen molar-refractivity contribution >= 4 is 11.5 Å². The minimum atomic E-state index is -0.323. The van der Waals surface area contributed by atoms with Gasteiger partial charge in [-0.15, -0.1) is 0 Å². The Labute approximate surface area is 124 Å². The van der Waals surface area contributed by atoms with E-state index in [0.717, 1.165) is 24.0 Å². The predicted molar refractivity (Wildman–Crippen MR) is 83.6 cm³/mol. The molecule has 3 heteroatoms. The highest BCUT2D eigenvalue weighted by atomic mass is 16.3. The molecule has 0 saturated carbocycles. The maximum atomic E-state index is 12.5. The Morgan fingerprint density at radius 1 is 1.24 bits per heavy atom. The number of allylic oxidation sites excluding steroid dienone is 2. The van der Waals surface area contributed by atoms with Crippen LogP contribution in [0.25, 0.3) is 5.57 Å². The number of aliphatic hydroxyl groups is 1. The molecule has 3 rings (SSSR count). The van der Waals surface area contributed by atoms with E-state index in [2.05, 4.69) is 19.1 Å². The number of carbonyl (C=O) groups excluding carboxylic acids is 1. The zero-order chi connectivity index (χ0) is 14.9. The Morgan fingerprint density at radius 2 is 2.00 bits per heavy atom. The van der Waals surface area contributed by atoms with E-state index in [4.69, 9.17) is 0 Å². The zero-order valence-corrected chi connectivity index (χ0v) is 12.1. The number of benzene rings is 1. The summed E-state index contributed by atoms with van der Waals surface area (Å²) in [6.45, 7) is 2.54. The number of carbonyl (C=O) groups is 1. The second-order valence-corrected chi connectivity index (χ2v) is 5.53. The van der Waals surface area contributed by atoms with E-state index >= 15 is 0 Å². The van der Waals surface area contributed by atoms with Crippen molar-refractivity contribution in [2.45, 2.75) is 25.3 Å². The number of amides is 1. The van der Waals surface area contributed by atoms with Gasteiger partial charge in [-0.3, -0.25) is 4.79 Å². The molecule has 0 radical (unpaired) electrons. The van der Waals surface area contributed by atoms with Crippen LogP contribution in [0.2, 0.25) is 0 Å². The Balaban J connectivity index is 1.94. The molecule has 1 aromatic rings. The van der Waals surface area contributed by atoms with Gasteiger partial charge in [0.25, 0.3) is 5.91 Å². The van der Waals surface area contributed by atoms with Crippen molar-refractivity contribution in [1.29, 1.82) is 0 Å². The van der Waals surface area contributed by atoms with Gasteiger partial charge in [0.15, 0.2) is 5.76 Å². The SMILES string of the molecule is CCC1(N2CC(c3ccccc3)=C(O)C2=O)C=CC=CC1. The quantitative estimate of drug-likeness (QED) is 0.921. The van der Waals surface area contributed by atoms with Crippen molar-refractivity contribution in [3.63, 3.8) is 0 Å². The first-order chi connectivity index (χ1) is 10.2. The average molecular weight is 281 g/mol. The maximum Gasteiger partial charge on any atom is 0.290 e. The summed E-state index contributed by atoms with van der Waals surface area (Å²) in [6.07, 6.45) is 9.76. The summed E-state index contributed by atoms with van der Waals surface area (Å²) in [5, 5.41) is 10.3. The summed E-state index contributed by atoms with van der Waals surface area (Å²) in [7, 11) is 0. The highest BCUT2D eigenvalue weighted by Gasteiger charge is 2.42. The molecule has 21 heavy (non-hydrogen) atoms. The van der Waals surface area contributed by atoms with Gasteiger partial charge in [-0.2, -0.15) is 0 Å². The van der Waals surface area contributed by atoms with Crippen molar-refractivity contribution < 1.29 is 9.90 Å². The lowest BCUT2D eigenvalue weighted by atomic mass is 9.86. The molecule has 1 N–H and O–H groups in total. The molecule has 3 nitrogen and oxygen atoms in total. The molecule has 0 spiro atoms. The second kappa shape index (κ2) is 5.24. The fourth-order valence-corrected chi connectivity index (χ4v) is 3.10. The molecule has 1 atom stereocenters. The normalized spacial score (nSPS) is 25.0. The van der Waals surface area contributed by atoms with Crippen LogP contribution < -0.4 is 0 Å². The average Bonchev–Trinajstić information content (AvgIpc) is 2.85. The molecule has 1 aliphatic carbocycles. The molecule has 1 heterocycles. The predicted octanol–water partition coefficient (Wildman–Crippen LogP) is 3.46. The van der Waals surface area contributed by atoms with Crippen LogP contribution in [0.1, 0.15) is 25.3 Å². The van der Waals surface area contributed by atoms with E-state index in [0.29, 0.717) is 6.54 Å². The summed E-state index contributed by atoms with van der Waals surface area (Å²) in [4.78, 5) is 14.3. The Hall–Kier alpha value is -2.29. The van der Waals surface area contributed by atoms with Gasteiger partial charge in [0, 0.05) is 5.57 Å². The topological polar surface area (TPSA) is 40.5 Å². The van der Waals surface area contributed by atoms with Crippen molar-refractivity contribution in [3.05, 3.63) is 66.0 Å². The van der Waals surface area contributed by atoms with Gasteiger partial charge < -0.3 is 10.0 Å². The standard InChI is InChI=1S/C18H19NO2/c1-2-18(11-7-4-8-12-18)19-13-15(16(20)17(19)21)14-9-5-3-6-10-14/h3-11,20H,2,12-13H2,1H3. The van der Waals surface area contributed by atoms with Gasteiger partial charge in [0.05, 0.1) is 12.1 Å². The van der Waals surface area contributed by atoms with Crippen molar-refractivity contribution in [2.75, 3.05) is 6.54 Å². The summed E-state index contributed by atoms with van der Waals surface area (Å²) in [5.41, 5.74) is 1.31. The molecule has 0 aromatic heterocycles. The molecule has 0 fully saturated rings. The van der Waals surface area contributed by atoms with Gasteiger partial charge in [0.2, 0.25) is 0 Å². The summed E-state index contributed by atoms with van der Waals surface area (Å²) < 4.78 is 0. The fourth-order valence-electron chi connectivity index (χ4n) is 3.10. The highest BCUT2D eigenvalue weighted by Crippen LogP contribution is 2.37. The summed E-state index contributed by atoms with van der Waals surface area (Å²) >= 11 is 0.